The van der Waals surface area contributed by atoms with Gasteiger partial charge in [0.15, 0.2) is 0 Å². The molecular weight excluding hydrogens is 275 g/mol. The number of nitrogens with zero attached hydrogens (tertiary/aromatic N) is 1. The van der Waals surface area contributed by atoms with E-state index in [9.17, 15) is 4.79 Å². The Bertz CT molecular complexity index is 414. The maximum Gasteiger partial charge on any atom is 0.249 e. The molecule has 0 aromatic carbocycles. The van der Waals surface area contributed by atoms with Gasteiger partial charge in [-0.15, -0.1) is 0 Å². The summed E-state index contributed by atoms with van der Waals surface area (Å²) in [4.78, 5) is 19.0. The van der Waals surface area contributed by atoms with Crippen molar-refractivity contribution in [1.29, 1.82) is 0 Å². The van der Waals surface area contributed by atoms with E-state index in [-0.39, 0.29) is 5.91 Å². The standard InChI is InChI=1S/C16H28BN4O/c18-15(10-14-11-19-12-20-14)16(22)21-17-13-8-6-4-2-1-3-5-7-9-13/h11-13,15H,1-10,18H2,(H,19,20)(H,21,22)/t15-/m0/s1. The van der Waals surface area contributed by atoms with Gasteiger partial charge in [0.2, 0.25) is 13.3 Å². The van der Waals surface area contributed by atoms with E-state index in [0.29, 0.717) is 12.2 Å². The number of nitrogens with one attached hydrogen (secondary N) is 2. The number of carbonyl (C=O) groups excluding carboxylic acids is 1. The second-order valence-corrected chi connectivity index (χ2v) is 6.38. The summed E-state index contributed by atoms with van der Waals surface area (Å²) in [5.41, 5.74) is 6.84. The minimum absolute atomic E-state index is 0.105. The Hall–Kier alpha value is -1.30. The van der Waals surface area contributed by atoms with Gasteiger partial charge in [0.05, 0.1) is 12.4 Å². The van der Waals surface area contributed by atoms with E-state index < -0.39 is 6.04 Å². The SMILES string of the molecule is N[C@@H](Cc1cnc[nH]1)C(=O)N[B]C1CCCCCCCCC1. The van der Waals surface area contributed by atoms with Crippen LogP contribution in [0.15, 0.2) is 12.5 Å². The molecule has 1 aromatic heterocycles. The molecule has 0 saturated heterocycles. The van der Waals surface area contributed by atoms with E-state index in [1.807, 2.05) is 7.41 Å². The monoisotopic (exact) mass is 303 g/mol. The molecule has 0 unspecified atom stereocenters. The van der Waals surface area contributed by atoms with Gasteiger partial charge in [-0.05, 0) is 5.82 Å². The van der Waals surface area contributed by atoms with Crippen molar-refractivity contribution >= 4 is 13.3 Å². The van der Waals surface area contributed by atoms with Crippen molar-refractivity contribution in [2.75, 3.05) is 0 Å². The average Bonchev–Trinajstić information content (AvgIpc) is 3.03. The van der Waals surface area contributed by atoms with Gasteiger partial charge in [0.25, 0.3) is 0 Å². The van der Waals surface area contributed by atoms with Gasteiger partial charge in [-0.1, -0.05) is 57.8 Å². The smallest absolute Gasteiger partial charge is 0.249 e. The fourth-order valence-corrected chi connectivity index (χ4v) is 3.04. The lowest BCUT2D eigenvalue weighted by atomic mass is 9.69. The van der Waals surface area contributed by atoms with Crippen LogP contribution in [0.25, 0.3) is 0 Å². The molecule has 1 aliphatic rings. The predicted molar refractivity (Wildman–Crippen MR) is 89.5 cm³/mol. The molecule has 1 radical (unpaired) electrons. The van der Waals surface area contributed by atoms with Gasteiger partial charge in [-0.2, -0.15) is 0 Å². The van der Waals surface area contributed by atoms with Gasteiger partial charge < -0.3 is 15.9 Å². The van der Waals surface area contributed by atoms with Gasteiger partial charge in [-0.3, -0.25) is 4.79 Å². The molecule has 0 aliphatic heterocycles. The Morgan fingerprint density at radius 2 is 1.91 bits per heavy atom. The van der Waals surface area contributed by atoms with Crippen molar-refractivity contribution in [3.8, 4) is 0 Å². The maximum atomic E-state index is 12.1. The van der Waals surface area contributed by atoms with Crippen LogP contribution < -0.4 is 11.0 Å². The molecule has 1 aliphatic carbocycles. The molecule has 2 rings (SSSR count). The first kappa shape index (κ1) is 17.1. The van der Waals surface area contributed by atoms with Gasteiger partial charge in [0, 0.05) is 18.3 Å². The zero-order chi connectivity index (χ0) is 15.6. The Kier molecular flexibility index (Phi) is 7.50. The van der Waals surface area contributed by atoms with E-state index in [1.165, 1.54) is 57.8 Å². The van der Waals surface area contributed by atoms with Crippen LogP contribution in [0.3, 0.4) is 0 Å². The number of rotatable bonds is 5. The third-order valence-electron chi connectivity index (χ3n) is 4.44. The van der Waals surface area contributed by atoms with Crippen LogP contribution in [-0.4, -0.2) is 29.3 Å². The lowest BCUT2D eigenvalue weighted by molar-refractivity contribution is -0.120. The molecule has 6 heteroatoms. The van der Waals surface area contributed by atoms with E-state index >= 15 is 0 Å². The summed E-state index contributed by atoms with van der Waals surface area (Å²) in [5.74, 6) is 0.382. The van der Waals surface area contributed by atoms with Crippen LogP contribution in [0, 0.1) is 0 Å². The molecule has 1 amide bonds. The quantitative estimate of drug-likeness (QED) is 0.730. The molecule has 121 valence electrons. The zero-order valence-corrected chi connectivity index (χ0v) is 13.4. The van der Waals surface area contributed by atoms with Crippen LogP contribution in [0.4, 0.5) is 0 Å². The van der Waals surface area contributed by atoms with Crippen LogP contribution in [0.2, 0.25) is 5.82 Å². The summed E-state index contributed by atoms with van der Waals surface area (Å²) in [6, 6.07) is -0.531. The van der Waals surface area contributed by atoms with E-state index in [0.717, 1.165) is 5.69 Å². The third-order valence-corrected chi connectivity index (χ3v) is 4.44. The van der Waals surface area contributed by atoms with Gasteiger partial charge >= 0.3 is 0 Å². The highest BCUT2D eigenvalue weighted by molar-refractivity contribution is 6.39. The molecular formula is C16H28BN4O. The van der Waals surface area contributed by atoms with Crippen molar-refractivity contribution in [1.82, 2.24) is 15.2 Å². The molecule has 4 N–H and O–H groups in total. The minimum atomic E-state index is -0.531. The summed E-state index contributed by atoms with van der Waals surface area (Å²) in [6.45, 7) is 0. The first-order valence-electron chi connectivity index (χ1n) is 8.62. The number of aromatic nitrogens is 2. The second-order valence-electron chi connectivity index (χ2n) is 6.38. The van der Waals surface area contributed by atoms with Crippen LogP contribution in [0.1, 0.15) is 63.5 Å². The molecule has 22 heavy (non-hydrogen) atoms. The minimum Gasteiger partial charge on any atom is -0.402 e. The average molecular weight is 303 g/mol. The largest absolute Gasteiger partial charge is 0.402 e. The summed E-state index contributed by atoms with van der Waals surface area (Å²) in [5, 5.41) is 2.93. The molecule has 1 saturated carbocycles. The molecule has 1 aromatic rings. The van der Waals surface area contributed by atoms with Crippen LogP contribution in [0.5, 0.6) is 0 Å². The zero-order valence-electron chi connectivity index (χ0n) is 13.4. The van der Waals surface area contributed by atoms with Gasteiger partial charge in [0.1, 0.15) is 0 Å². The van der Waals surface area contributed by atoms with Crippen molar-refractivity contribution in [2.45, 2.75) is 76.1 Å². The fraction of sp³-hybridized carbons (Fsp3) is 0.750. The highest BCUT2D eigenvalue weighted by Gasteiger charge is 2.18. The molecule has 1 atom stereocenters. The van der Waals surface area contributed by atoms with Crippen LogP contribution in [-0.2, 0) is 11.2 Å². The summed E-state index contributed by atoms with van der Waals surface area (Å²) in [6.07, 6.45) is 15.4. The topological polar surface area (TPSA) is 83.8 Å². The van der Waals surface area contributed by atoms with E-state index in [2.05, 4.69) is 15.2 Å². The number of hydrogen-bond donors (Lipinski definition) is 3. The van der Waals surface area contributed by atoms with E-state index in [1.54, 1.807) is 12.5 Å². The maximum absolute atomic E-state index is 12.1. The Morgan fingerprint density at radius 3 is 2.50 bits per heavy atom. The van der Waals surface area contributed by atoms with Crippen molar-refractivity contribution in [3.63, 3.8) is 0 Å². The lowest BCUT2D eigenvalue weighted by Crippen LogP contribution is -2.44. The second kappa shape index (κ2) is 9.67. The first-order chi connectivity index (χ1) is 10.8. The number of H-pyrrole nitrogens is 1. The van der Waals surface area contributed by atoms with Crippen LogP contribution >= 0.6 is 0 Å². The summed E-state index contributed by atoms with van der Waals surface area (Å²) in [7, 11) is 1.98. The van der Waals surface area contributed by atoms with Crippen molar-refractivity contribution in [3.05, 3.63) is 18.2 Å². The first-order valence-corrected chi connectivity index (χ1v) is 8.62. The molecule has 0 bridgehead atoms. The number of imidazole rings is 1. The molecule has 5 nitrogen and oxygen atoms in total. The Balaban J connectivity index is 1.70. The summed E-state index contributed by atoms with van der Waals surface area (Å²) < 4.78 is 0. The fourth-order valence-electron chi connectivity index (χ4n) is 3.04. The lowest BCUT2D eigenvalue weighted by Gasteiger charge is -2.19. The normalized spacial score (nSPS) is 19.3. The number of nitrogens with two attached hydrogens (primary N) is 1. The van der Waals surface area contributed by atoms with E-state index in [4.69, 9.17) is 5.73 Å². The summed E-state index contributed by atoms with van der Waals surface area (Å²) >= 11 is 0. The Morgan fingerprint density at radius 1 is 1.27 bits per heavy atom. The molecule has 1 heterocycles. The third kappa shape index (κ3) is 6.22. The molecule has 0 spiro atoms. The van der Waals surface area contributed by atoms with Gasteiger partial charge in [-0.25, -0.2) is 4.98 Å². The highest BCUT2D eigenvalue weighted by atomic mass is 16.1. The van der Waals surface area contributed by atoms with Crippen molar-refractivity contribution < 1.29 is 4.79 Å². The van der Waals surface area contributed by atoms with Crippen molar-refractivity contribution in [2.24, 2.45) is 5.73 Å². The number of hydrogen-bond acceptors (Lipinski definition) is 3. The number of aromatic amines is 1. The molecule has 1 fully saturated rings. The number of carbonyl (C=O) groups is 1. The Labute approximate surface area is 134 Å². The predicted octanol–water partition coefficient (Wildman–Crippen LogP) is 2.33. The highest BCUT2D eigenvalue weighted by Crippen LogP contribution is 2.24. The number of amides is 1.